The first-order valence-electron chi connectivity index (χ1n) is 18.3. The van der Waals surface area contributed by atoms with Crippen LogP contribution >= 0.6 is 31.9 Å². The molecule has 0 aliphatic carbocycles. The molecule has 0 bridgehead atoms. The van der Waals surface area contributed by atoms with Crippen molar-refractivity contribution in [3.63, 3.8) is 0 Å². The third-order valence-electron chi connectivity index (χ3n) is 10.5. The summed E-state index contributed by atoms with van der Waals surface area (Å²) in [6, 6.07) is 10.8. The first-order valence-corrected chi connectivity index (χ1v) is 19.9. The van der Waals surface area contributed by atoms with Crippen molar-refractivity contribution in [3.05, 3.63) is 137 Å². The molecule has 0 spiro atoms. The van der Waals surface area contributed by atoms with E-state index in [4.69, 9.17) is 22.9 Å². The maximum Gasteiger partial charge on any atom is 0.194 e. The highest BCUT2D eigenvalue weighted by Gasteiger charge is 2.24. The second kappa shape index (κ2) is 17.9. The summed E-state index contributed by atoms with van der Waals surface area (Å²) >= 11 is 7.07. The van der Waals surface area contributed by atoms with Crippen LogP contribution in [0.25, 0.3) is 44.5 Å². The van der Waals surface area contributed by atoms with Crippen molar-refractivity contribution in [2.45, 2.75) is 69.2 Å². The van der Waals surface area contributed by atoms with Crippen molar-refractivity contribution >= 4 is 54.6 Å². The molecule has 0 aliphatic heterocycles. The lowest BCUT2D eigenvalue weighted by Crippen LogP contribution is -2.06. The summed E-state index contributed by atoms with van der Waals surface area (Å²) in [7, 11) is 0. The summed E-state index contributed by atoms with van der Waals surface area (Å²) in [5, 5.41) is 0. The minimum absolute atomic E-state index is 0.0278. The Morgan fingerprint density at radius 3 is 0.845 bits per heavy atom. The number of halogens is 8. The molecule has 58 heavy (non-hydrogen) atoms. The van der Waals surface area contributed by atoms with Crippen LogP contribution in [-0.2, 0) is 0 Å². The van der Waals surface area contributed by atoms with Gasteiger partial charge in [-0.05, 0) is 191 Å². The number of hydrogen-bond acceptors (Lipinski definition) is 4. The molecule has 0 unspecified atom stereocenters. The molecule has 12 heteroatoms. The summed E-state index contributed by atoms with van der Waals surface area (Å²) in [5.41, 5.74) is 38.5. The number of hydrogen-bond donors (Lipinski definition) is 4. The van der Waals surface area contributed by atoms with Gasteiger partial charge in [-0.25, -0.2) is 26.3 Å². The van der Waals surface area contributed by atoms with Crippen LogP contribution < -0.4 is 22.9 Å². The molecule has 306 valence electrons. The molecule has 0 fully saturated rings. The van der Waals surface area contributed by atoms with Gasteiger partial charge >= 0.3 is 0 Å². The maximum absolute atomic E-state index is 14.0. The second-order valence-electron chi connectivity index (χ2n) is 14.0. The Labute approximate surface area is 352 Å². The largest absolute Gasteiger partial charge is 0.398 e. The first-order chi connectivity index (χ1) is 27.1. The van der Waals surface area contributed by atoms with Crippen molar-refractivity contribution in [2.75, 3.05) is 22.9 Å². The summed E-state index contributed by atoms with van der Waals surface area (Å²) < 4.78 is 85.0. The zero-order valence-corrected chi connectivity index (χ0v) is 37.1. The van der Waals surface area contributed by atoms with Gasteiger partial charge in [-0.2, -0.15) is 0 Å². The highest BCUT2D eigenvalue weighted by atomic mass is 79.9. The topological polar surface area (TPSA) is 104 Å². The minimum Gasteiger partial charge on any atom is -0.398 e. The lowest BCUT2D eigenvalue weighted by molar-refractivity contribution is 0.447. The second-order valence-corrected chi connectivity index (χ2v) is 15.7. The molecular formula is C46H46Br2F6N4. The molecular weight excluding hydrogens is 882 g/mol. The molecule has 0 saturated carbocycles. The predicted molar refractivity (Wildman–Crippen MR) is 237 cm³/mol. The fraction of sp³-hybridized carbons (Fsp3) is 0.217. The monoisotopic (exact) mass is 926 g/mol. The lowest BCUT2D eigenvalue weighted by atomic mass is 9.84. The van der Waals surface area contributed by atoms with Gasteiger partial charge in [0.2, 0.25) is 0 Å². The Bertz CT molecular complexity index is 2330. The van der Waals surface area contributed by atoms with Gasteiger partial charge in [0.1, 0.15) is 0 Å². The van der Waals surface area contributed by atoms with Gasteiger partial charge < -0.3 is 22.9 Å². The number of anilines is 4. The van der Waals surface area contributed by atoms with E-state index in [-0.39, 0.29) is 33.6 Å². The van der Waals surface area contributed by atoms with Crippen LogP contribution in [0.4, 0.5) is 49.1 Å². The van der Waals surface area contributed by atoms with Crippen LogP contribution in [0.5, 0.6) is 0 Å². The average molecular weight is 929 g/mol. The quantitative estimate of drug-likeness (QED) is 0.0803. The molecule has 0 heterocycles. The Hall–Kier alpha value is -4.94. The molecule has 6 rings (SSSR count). The number of benzene rings is 6. The van der Waals surface area contributed by atoms with Crippen LogP contribution in [0.3, 0.4) is 0 Å². The molecule has 0 aromatic heterocycles. The Balaban J connectivity index is 0.000000286. The molecule has 6 aromatic carbocycles. The normalized spacial score (nSPS) is 10.9. The van der Waals surface area contributed by atoms with Crippen molar-refractivity contribution in [1.29, 1.82) is 0 Å². The fourth-order valence-electron chi connectivity index (χ4n) is 6.85. The van der Waals surface area contributed by atoms with E-state index >= 15 is 0 Å². The zero-order valence-electron chi connectivity index (χ0n) is 34.0. The van der Waals surface area contributed by atoms with Crippen molar-refractivity contribution in [1.82, 2.24) is 0 Å². The number of rotatable bonds is 4. The van der Waals surface area contributed by atoms with Gasteiger partial charge in [-0.15, -0.1) is 0 Å². The van der Waals surface area contributed by atoms with Gasteiger partial charge in [0, 0.05) is 53.7 Å². The third kappa shape index (κ3) is 8.45. The van der Waals surface area contributed by atoms with Gasteiger partial charge in [-0.3, -0.25) is 0 Å². The van der Waals surface area contributed by atoms with E-state index in [1.807, 2.05) is 26.0 Å². The van der Waals surface area contributed by atoms with Crippen LogP contribution in [0, 0.1) is 90.3 Å². The molecule has 0 radical (unpaired) electrons. The highest BCUT2D eigenvalue weighted by molar-refractivity contribution is 9.11. The van der Waals surface area contributed by atoms with E-state index in [9.17, 15) is 26.3 Å². The number of aryl methyl sites for hydroxylation is 4. The van der Waals surface area contributed by atoms with Crippen LogP contribution in [0.1, 0.15) is 58.4 Å². The van der Waals surface area contributed by atoms with Crippen molar-refractivity contribution in [3.8, 4) is 44.5 Å². The summed E-state index contributed by atoms with van der Waals surface area (Å²) in [6.07, 6.45) is 0. The Morgan fingerprint density at radius 1 is 0.362 bits per heavy atom. The van der Waals surface area contributed by atoms with Gasteiger partial charge in [0.25, 0.3) is 0 Å². The van der Waals surface area contributed by atoms with E-state index in [0.29, 0.717) is 33.4 Å². The molecule has 6 aromatic rings. The molecule has 0 saturated heterocycles. The molecule has 0 aliphatic rings. The first kappa shape index (κ1) is 45.8. The molecule has 8 N–H and O–H groups in total. The van der Waals surface area contributed by atoms with Crippen molar-refractivity contribution in [2.24, 2.45) is 0 Å². The van der Waals surface area contributed by atoms with E-state index in [1.165, 1.54) is 11.1 Å². The van der Waals surface area contributed by atoms with E-state index in [2.05, 4.69) is 59.6 Å². The van der Waals surface area contributed by atoms with Crippen LogP contribution in [0.2, 0.25) is 0 Å². The number of nitrogen functional groups attached to an aromatic ring is 4. The van der Waals surface area contributed by atoms with Crippen LogP contribution in [0.15, 0.2) is 57.5 Å². The van der Waals surface area contributed by atoms with Crippen molar-refractivity contribution < 1.29 is 26.3 Å². The van der Waals surface area contributed by atoms with E-state index in [0.717, 1.165) is 66.8 Å². The fourth-order valence-corrected chi connectivity index (χ4v) is 7.93. The third-order valence-corrected chi connectivity index (χ3v) is 11.8. The average Bonchev–Trinajstić information content (AvgIpc) is 3.17. The van der Waals surface area contributed by atoms with Gasteiger partial charge in [0.15, 0.2) is 34.9 Å². The van der Waals surface area contributed by atoms with Gasteiger partial charge in [-0.1, -0.05) is 13.8 Å². The zero-order chi connectivity index (χ0) is 43.8. The summed E-state index contributed by atoms with van der Waals surface area (Å²) in [6.45, 7) is 19.4. The SMILES string of the molecule is CC.Cc1cc(-c2cc(F)c(F)c(F)c2)c(N)c(-c2c(C)c(C)cc(-c3cc(F)c(F)c(F)c3)c2N)c1C.Cc1cc(Br)c(N)c(-c2c(C)c(C)cc(Br)c2N)c1C. The van der Waals surface area contributed by atoms with E-state index < -0.39 is 34.9 Å². The predicted octanol–water partition coefficient (Wildman–Crippen LogP) is 14.2. The lowest BCUT2D eigenvalue weighted by Gasteiger charge is -2.23. The smallest absolute Gasteiger partial charge is 0.194 e. The molecule has 4 nitrogen and oxygen atoms in total. The van der Waals surface area contributed by atoms with Gasteiger partial charge in [0.05, 0.1) is 11.4 Å². The highest BCUT2D eigenvalue weighted by Crippen LogP contribution is 2.47. The Morgan fingerprint density at radius 2 is 0.586 bits per heavy atom. The Kier molecular flexibility index (Phi) is 14.1. The molecule has 0 amide bonds. The molecule has 0 atom stereocenters. The maximum atomic E-state index is 14.0. The number of nitrogens with two attached hydrogens (primary N) is 4. The van der Waals surface area contributed by atoms with Crippen LogP contribution in [-0.4, -0.2) is 0 Å². The summed E-state index contributed by atoms with van der Waals surface area (Å²) in [5.74, 6) is -8.64. The standard InChI is InChI=1S/C28H22F6N2.C16H18Br2N2.C2H6/c1-11-5-17(15-7-19(29)25(33)20(30)8-15)27(35)23(13(11)3)24-14(4)12(2)6-18(28(24)36)16-9-21(31)26(34)22(32)10-16;1-7-5-11(17)15(19)13(9(7)3)14-10(4)8(2)6-12(18)16(14)20;1-2/h5-10H,35-36H2,1-4H3;5-6H,19-20H2,1-4H3;1-2H3. The van der Waals surface area contributed by atoms with E-state index in [1.54, 1.807) is 39.8 Å². The summed E-state index contributed by atoms with van der Waals surface area (Å²) in [4.78, 5) is 0. The minimum atomic E-state index is -1.59.